The lowest BCUT2D eigenvalue weighted by atomic mass is 9.58. The van der Waals surface area contributed by atoms with E-state index >= 15 is 0 Å². The van der Waals surface area contributed by atoms with E-state index in [1.54, 1.807) is 46.1 Å². The Balaban J connectivity index is 1.93. The number of nitrogens with one attached hydrogen (secondary N) is 1. The van der Waals surface area contributed by atoms with Crippen molar-refractivity contribution in [2.24, 2.45) is 17.6 Å². The predicted octanol–water partition coefficient (Wildman–Crippen LogP) is 0.369. The molecule has 2 unspecified atom stereocenters. The van der Waals surface area contributed by atoms with Crippen LogP contribution in [0.2, 0.25) is 0 Å². The molecule has 4 rings (SSSR count). The fourth-order valence-corrected chi connectivity index (χ4v) is 6.20. The summed E-state index contributed by atoms with van der Waals surface area (Å²) in [6, 6.07) is 0.631. The van der Waals surface area contributed by atoms with Crippen LogP contribution in [0.5, 0.6) is 5.75 Å². The van der Waals surface area contributed by atoms with Crippen molar-refractivity contribution in [3.8, 4) is 5.75 Å². The third kappa shape index (κ3) is 4.14. The largest absolute Gasteiger partial charge is 0.510 e. The van der Waals surface area contributed by atoms with Crippen LogP contribution in [-0.4, -0.2) is 100 Å². The molecular weight excluding hydrogens is 508 g/mol. The Kier molecular flexibility index (Phi) is 7.17. The van der Waals surface area contributed by atoms with Gasteiger partial charge in [0.15, 0.2) is 11.4 Å². The third-order valence-corrected chi connectivity index (χ3v) is 8.18. The molecule has 12 nitrogen and oxygen atoms in total. The first kappa shape index (κ1) is 28.4. The van der Waals surface area contributed by atoms with E-state index in [1.807, 2.05) is 0 Å². The lowest BCUT2D eigenvalue weighted by molar-refractivity contribution is -0.148. The number of hydrogen-bond donors (Lipinski definition) is 7. The van der Waals surface area contributed by atoms with E-state index in [1.165, 1.54) is 4.90 Å². The van der Waals surface area contributed by atoms with Crippen molar-refractivity contribution in [3.05, 3.63) is 39.9 Å². The number of Topliss-reactive ketones (excluding diaryl/α,β-unsaturated/α-hetero) is 2. The number of phenols is 1. The van der Waals surface area contributed by atoms with Crippen molar-refractivity contribution in [2.75, 3.05) is 45.0 Å². The number of amides is 1. The van der Waals surface area contributed by atoms with E-state index in [2.05, 4.69) is 5.32 Å². The second-order valence-electron chi connectivity index (χ2n) is 10.9. The van der Waals surface area contributed by atoms with Crippen molar-refractivity contribution < 1.29 is 39.9 Å². The lowest BCUT2D eigenvalue weighted by Crippen LogP contribution is -2.63. The van der Waals surface area contributed by atoms with Crippen LogP contribution in [0, 0.1) is 11.8 Å². The number of likely N-dealkylation sites (N-methyl/N-ethyl adjacent to an activating group) is 1. The number of fused-ring (bicyclic) bond motifs is 3. The smallest absolute Gasteiger partial charge is 0.255 e. The molecule has 3 aliphatic carbocycles. The molecule has 212 valence electrons. The number of ketones is 2. The van der Waals surface area contributed by atoms with Crippen LogP contribution in [0.1, 0.15) is 35.7 Å². The molecule has 0 saturated heterocycles. The summed E-state index contributed by atoms with van der Waals surface area (Å²) in [5.74, 6) is -6.95. The molecule has 12 heteroatoms. The SMILES string of the molecule is CCC(O)CNc1cc(N(C)C)c2c(c1O)C(=O)C1=C(O)[C@]3(O)C(=O)C(C(N)=O)=C(O)C(N(C)C)[C@@H]3C[C@@H]1C2. The maximum atomic E-state index is 14.0. The number of aromatic hydroxyl groups is 1. The maximum absolute atomic E-state index is 14.0. The van der Waals surface area contributed by atoms with Crippen LogP contribution in [0.4, 0.5) is 11.4 Å². The van der Waals surface area contributed by atoms with Crippen molar-refractivity contribution >= 4 is 28.8 Å². The van der Waals surface area contributed by atoms with E-state index in [4.69, 9.17) is 5.73 Å². The standard InChI is InChI=1S/C27H36N4O8/c1-6-12(32)10-29-15-9-16(30(2)3)13-7-11-8-14-20(31(4)5)23(35)19(26(28)38)25(37)27(14,39)24(36)17(11)22(34)18(13)21(15)33/h9,11-12,14,20,29,32-33,35-36,39H,6-8,10H2,1-5H3,(H2,28,38)/t11-,12?,14-,20?,27-/m0/s1. The second kappa shape index (κ2) is 9.85. The normalized spacial score (nSPS) is 27.2. The Bertz CT molecular complexity index is 1320. The molecule has 1 amide bonds. The Labute approximate surface area is 226 Å². The molecule has 0 fully saturated rings. The van der Waals surface area contributed by atoms with Gasteiger partial charge in [0.25, 0.3) is 5.91 Å². The number of carbonyl (C=O) groups excluding carboxylic acids is 3. The van der Waals surface area contributed by atoms with Gasteiger partial charge < -0.3 is 41.5 Å². The number of aliphatic hydroxyl groups is 4. The Morgan fingerprint density at radius 3 is 2.38 bits per heavy atom. The van der Waals surface area contributed by atoms with Gasteiger partial charge in [-0.1, -0.05) is 6.92 Å². The van der Waals surface area contributed by atoms with Crippen LogP contribution in [0.3, 0.4) is 0 Å². The maximum Gasteiger partial charge on any atom is 0.255 e. The number of nitrogens with zero attached hydrogens (tertiary/aromatic N) is 2. The predicted molar refractivity (Wildman–Crippen MR) is 143 cm³/mol. The first-order valence-corrected chi connectivity index (χ1v) is 12.8. The number of rotatable bonds is 7. The van der Waals surface area contributed by atoms with Gasteiger partial charge >= 0.3 is 0 Å². The molecule has 0 aromatic heterocycles. The molecule has 0 saturated carbocycles. The molecule has 0 spiro atoms. The highest BCUT2D eigenvalue weighted by Crippen LogP contribution is 2.53. The van der Waals surface area contributed by atoms with E-state index in [0.29, 0.717) is 17.7 Å². The first-order valence-electron chi connectivity index (χ1n) is 12.8. The number of hydrogen-bond acceptors (Lipinski definition) is 11. The molecule has 0 heterocycles. The minimum atomic E-state index is -2.69. The molecule has 0 aliphatic heterocycles. The van der Waals surface area contributed by atoms with Crippen LogP contribution < -0.4 is 16.0 Å². The Morgan fingerprint density at radius 2 is 1.85 bits per heavy atom. The summed E-state index contributed by atoms with van der Waals surface area (Å²) in [6.07, 6.45) is -0.0136. The molecule has 3 aliphatic rings. The summed E-state index contributed by atoms with van der Waals surface area (Å²) >= 11 is 0. The Hall–Kier alpha value is -3.61. The minimum absolute atomic E-state index is 0.0160. The topological polar surface area (TPSA) is 197 Å². The molecule has 0 radical (unpaired) electrons. The highest BCUT2D eigenvalue weighted by atomic mass is 16.3. The van der Waals surface area contributed by atoms with Crippen molar-refractivity contribution in [1.29, 1.82) is 0 Å². The van der Waals surface area contributed by atoms with Crippen molar-refractivity contribution in [1.82, 2.24) is 4.90 Å². The number of nitrogens with two attached hydrogens (primary N) is 1. The number of carbonyl (C=O) groups is 3. The van der Waals surface area contributed by atoms with E-state index in [0.717, 1.165) is 0 Å². The summed E-state index contributed by atoms with van der Waals surface area (Å²) in [5.41, 5.74) is 2.88. The van der Waals surface area contributed by atoms with E-state index < -0.39 is 64.1 Å². The molecule has 0 bridgehead atoms. The van der Waals surface area contributed by atoms with Gasteiger partial charge in [0.2, 0.25) is 5.78 Å². The molecule has 39 heavy (non-hydrogen) atoms. The number of anilines is 2. The van der Waals surface area contributed by atoms with Gasteiger partial charge in [-0.25, -0.2) is 0 Å². The average molecular weight is 545 g/mol. The summed E-state index contributed by atoms with van der Waals surface area (Å²) in [4.78, 5) is 42.8. The van der Waals surface area contributed by atoms with Crippen LogP contribution >= 0.6 is 0 Å². The van der Waals surface area contributed by atoms with Gasteiger partial charge in [0.05, 0.1) is 23.4 Å². The summed E-state index contributed by atoms with van der Waals surface area (Å²) < 4.78 is 0. The third-order valence-electron chi connectivity index (χ3n) is 8.18. The number of allylic oxidation sites excluding steroid dienone is 1. The molecule has 1 aromatic carbocycles. The van der Waals surface area contributed by atoms with E-state index in [9.17, 15) is 39.9 Å². The Morgan fingerprint density at radius 1 is 1.21 bits per heavy atom. The minimum Gasteiger partial charge on any atom is -0.510 e. The molecule has 5 atom stereocenters. The van der Waals surface area contributed by atoms with Crippen molar-refractivity contribution in [2.45, 2.75) is 43.9 Å². The average Bonchev–Trinajstić information content (AvgIpc) is 2.84. The van der Waals surface area contributed by atoms with Crippen LogP contribution in [0.25, 0.3) is 0 Å². The zero-order valence-corrected chi connectivity index (χ0v) is 22.6. The van der Waals surface area contributed by atoms with Crippen molar-refractivity contribution in [3.63, 3.8) is 0 Å². The summed E-state index contributed by atoms with van der Waals surface area (Å²) in [6.45, 7) is 1.92. The summed E-state index contributed by atoms with van der Waals surface area (Å²) in [7, 11) is 6.72. The number of primary amides is 1. The fourth-order valence-electron chi connectivity index (χ4n) is 6.20. The van der Waals surface area contributed by atoms with Gasteiger partial charge in [-0.05, 0) is 50.9 Å². The first-order chi connectivity index (χ1) is 18.2. The summed E-state index contributed by atoms with van der Waals surface area (Å²) in [5, 5.41) is 58.1. The zero-order chi connectivity index (χ0) is 29.1. The zero-order valence-electron chi connectivity index (χ0n) is 22.6. The fraction of sp³-hybridized carbons (Fsp3) is 0.519. The molecule has 1 aromatic rings. The molecular formula is C27H36N4O8. The second-order valence-corrected chi connectivity index (χ2v) is 10.9. The number of benzene rings is 1. The van der Waals surface area contributed by atoms with Gasteiger partial charge in [0, 0.05) is 37.8 Å². The van der Waals surface area contributed by atoms with Gasteiger partial charge in [-0.2, -0.15) is 0 Å². The van der Waals surface area contributed by atoms with Gasteiger partial charge in [-0.15, -0.1) is 0 Å². The van der Waals surface area contributed by atoms with E-state index in [-0.39, 0.29) is 42.0 Å². The monoisotopic (exact) mass is 544 g/mol. The van der Waals surface area contributed by atoms with Gasteiger partial charge in [-0.3, -0.25) is 19.3 Å². The number of phenolic OH excluding ortho intramolecular Hbond substituents is 1. The van der Waals surface area contributed by atoms with Crippen LogP contribution in [0.15, 0.2) is 28.7 Å². The quantitative estimate of drug-likeness (QED) is 0.185. The highest BCUT2D eigenvalue weighted by molar-refractivity contribution is 6.25. The number of aliphatic hydroxyl groups excluding tert-OH is 3. The highest BCUT2D eigenvalue weighted by Gasteiger charge is 2.63. The van der Waals surface area contributed by atoms with Gasteiger partial charge in [0.1, 0.15) is 22.8 Å². The molecule has 8 N–H and O–H groups in total. The lowest BCUT2D eigenvalue weighted by Gasteiger charge is -2.50. The van der Waals surface area contributed by atoms with Crippen LogP contribution in [-0.2, 0) is 16.0 Å².